The van der Waals surface area contributed by atoms with E-state index in [2.05, 4.69) is 0 Å². The highest BCUT2D eigenvalue weighted by atomic mass is 16.5. The highest BCUT2D eigenvalue weighted by Crippen LogP contribution is 2.53. The molecule has 1 atom stereocenters. The number of ether oxygens (including phenoxy) is 1. The number of hydrogen-bond acceptors (Lipinski definition) is 5. The standard InChI is InChI=1S/C30H26N2O5/c1-5-31-23-9-7-6-8-22(23)30(29(31)35)25-26(33)21-14-17(2)18(3)15-24(21)37-27(25)28(34)32(30)16-19-10-12-20(36-4)13-11-19/h6-15H,5,16H2,1-4H3. The molecule has 0 N–H and O–H groups in total. The van der Waals surface area contributed by atoms with Gasteiger partial charge in [0.15, 0.2) is 11.0 Å². The van der Waals surface area contributed by atoms with Crippen molar-refractivity contribution in [3.63, 3.8) is 0 Å². The molecule has 37 heavy (non-hydrogen) atoms. The molecule has 3 aromatic carbocycles. The Morgan fingerprint density at radius 1 is 0.946 bits per heavy atom. The predicted molar refractivity (Wildman–Crippen MR) is 140 cm³/mol. The van der Waals surface area contributed by atoms with Gasteiger partial charge in [-0.05, 0) is 67.8 Å². The summed E-state index contributed by atoms with van der Waals surface area (Å²) in [5, 5.41) is 0.362. The molecule has 0 fully saturated rings. The van der Waals surface area contributed by atoms with E-state index < -0.39 is 11.4 Å². The molecule has 1 spiro atoms. The lowest BCUT2D eigenvalue weighted by Crippen LogP contribution is -2.53. The highest BCUT2D eigenvalue weighted by Gasteiger charge is 2.64. The molecule has 0 aliphatic carbocycles. The van der Waals surface area contributed by atoms with E-state index in [0.717, 1.165) is 16.7 Å². The maximum Gasteiger partial charge on any atom is 0.291 e. The number of carbonyl (C=O) groups is 2. The van der Waals surface area contributed by atoms with Gasteiger partial charge in [0.05, 0.1) is 23.7 Å². The summed E-state index contributed by atoms with van der Waals surface area (Å²) < 4.78 is 11.5. The Kier molecular flexibility index (Phi) is 5.02. The number of likely N-dealkylation sites (N-methyl/N-ethyl adjacent to an activating group) is 1. The summed E-state index contributed by atoms with van der Waals surface area (Å²) in [6.45, 7) is 6.24. The van der Waals surface area contributed by atoms with E-state index in [0.29, 0.717) is 34.5 Å². The molecule has 2 amide bonds. The Morgan fingerprint density at radius 3 is 2.35 bits per heavy atom. The molecule has 4 aromatic rings. The van der Waals surface area contributed by atoms with Gasteiger partial charge in [-0.2, -0.15) is 0 Å². The average molecular weight is 495 g/mol. The SMILES string of the molecule is CCN1C(=O)C2(c3ccccc31)c1c(oc3cc(C)c(C)cc3c1=O)C(=O)N2Cc1ccc(OC)cc1. The zero-order valence-corrected chi connectivity index (χ0v) is 21.1. The van der Waals surface area contributed by atoms with E-state index in [9.17, 15) is 14.4 Å². The van der Waals surface area contributed by atoms with Gasteiger partial charge >= 0.3 is 0 Å². The van der Waals surface area contributed by atoms with Crippen LogP contribution in [0.25, 0.3) is 11.0 Å². The molecule has 2 aliphatic heterocycles. The second kappa shape index (κ2) is 8.06. The minimum atomic E-state index is -1.62. The second-order valence-corrected chi connectivity index (χ2v) is 9.58. The zero-order chi connectivity index (χ0) is 26.1. The number of fused-ring (bicyclic) bond motifs is 5. The third-order valence-electron chi connectivity index (χ3n) is 7.67. The van der Waals surface area contributed by atoms with E-state index in [1.165, 1.54) is 4.90 Å². The normalized spacial score (nSPS) is 18.2. The third-order valence-corrected chi connectivity index (χ3v) is 7.67. The second-order valence-electron chi connectivity index (χ2n) is 9.58. The molecule has 7 heteroatoms. The van der Waals surface area contributed by atoms with Gasteiger partial charge in [-0.3, -0.25) is 14.4 Å². The lowest BCUT2D eigenvalue weighted by molar-refractivity contribution is -0.126. The Balaban J connectivity index is 1.68. The summed E-state index contributed by atoms with van der Waals surface area (Å²) >= 11 is 0. The largest absolute Gasteiger partial charge is 0.497 e. The summed E-state index contributed by atoms with van der Waals surface area (Å²) in [4.78, 5) is 45.8. The minimum Gasteiger partial charge on any atom is -0.497 e. The van der Waals surface area contributed by atoms with Crippen molar-refractivity contribution in [1.82, 2.24) is 4.90 Å². The van der Waals surface area contributed by atoms with E-state index in [1.54, 1.807) is 24.1 Å². The average Bonchev–Trinajstić information content (AvgIpc) is 3.30. The monoisotopic (exact) mass is 494 g/mol. The van der Waals surface area contributed by atoms with Gasteiger partial charge in [-0.1, -0.05) is 30.3 Å². The summed E-state index contributed by atoms with van der Waals surface area (Å²) in [5.74, 6) is -0.199. The van der Waals surface area contributed by atoms with Gasteiger partial charge in [-0.15, -0.1) is 0 Å². The Bertz CT molecular complexity index is 1670. The molecule has 2 aliphatic rings. The molecule has 0 saturated carbocycles. The van der Waals surface area contributed by atoms with Crippen LogP contribution in [0.1, 0.15) is 45.3 Å². The van der Waals surface area contributed by atoms with Crippen LogP contribution in [0.2, 0.25) is 0 Å². The van der Waals surface area contributed by atoms with Crippen LogP contribution in [0.5, 0.6) is 5.75 Å². The number of benzene rings is 3. The van der Waals surface area contributed by atoms with Crippen LogP contribution >= 0.6 is 0 Å². The summed E-state index contributed by atoms with van der Waals surface area (Å²) in [5.41, 5.74) is 2.44. The molecule has 1 aromatic heterocycles. The highest BCUT2D eigenvalue weighted by molar-refractivity contribution is 6.17. The van der Waals surface area contributed by atoms with E-state index >= 15 is 0 Å². The van der Waals surface area contributed by atoms with Gasteiger partial charge in [0, 0.05) is 18.7 Å². The van der Waals surface area contributed by atoms with Crippen molar-refractivity contribution >= 4 is 28.5 Å². The van der Waals surface area contributed by atoms with Gasteiger partial charge in [0.2, 0.25) is 5.76 Å². The summed E-state index contributed by atoms with van der Waals surface area (Å²) in [7, 11) is 1.59. The Labute approximate surface area is 213 Å². The maximum atomic E-state index is 14.4. The van der Waals surface area contributed by atoms with Crippen molar-refractivity contribution in [3.8, 4) is 5.75 Å². The van der Waals surface area contributed by atoms with Crippen molar-refractivity contribution in [1.29, 1.82) is 0 Å². The minimum absolute atomic E-state index is 0.0737. The van der Waals surface area contributed by atoms with Crippen LogP contribution in [-0.4, -0.2) is 30.4 Å². The molecule has 0 bridgehead atoms. The number of rotatable bonds is 4. The Morgan fingerprint density at radius 2 is 1.65 bits per heavy atom. The molecule has 7 nitrogen and oxygen atoms in total. The summed E-state index contributed by atoms with van der Waals surface area (Å²) in [6, 6.07) is 18.3. The van der Waals surface area contributed by atoms with Crippen LogP contribution in [0.4, 0.5) is 5.69 Å². The molecule has 6 rings (SSSR count). The first-order valence-corrected chi connectivity index (χ1v) is 12.3. The van der Waals surface area contributed by atoms with Crippen molar-refractivity contribution in [2.45, 2.75) is 32.9 Å². The van der Waals surface area contributed by atoms with Crippen LogP contribution in [0, 0.1) is 13.8 Å². The number of hydrogen-bond donors (Lipinski definition) is 0. The van der Waals surface area contributed by atoms with Crippen molar-refractivity contribution in [3.05, 3.63) is 104 Å². The number of anilines is 1. The molecule has 3 heterocycles. The molecule has 0 saturated heterocycles. The fraction of sp³-hybridized carbons (Fsp3) is 0.233. The quantitative estimate of drug-likeness (QED) is 0.411. The maximum absolute atomic E-state index is 14.4. The molecular weight excluding hydrogens is 468 g/mol. The Hall–Kier alpha value is -4.39. The number of aryl methyl sites for hydroxylation is 2. The van der Waals surface area contributed by atoms with Gasteiger partial charge in [0.25, 0.3) is 11.8 Å². The first-order chi connectivity index (χ1) is 17.8. The number of nitrogens with zero attached hydrogens (tertiary/aromatic N) is 2. The molecule has 1 unspecified atom stereocenters. The van der Waals surface area contributed by atoms with Crippen LogP contribution in [-0.2, 0) is 16.9 Å². The van der Waals surface area contributed by atoms with Crippen molar-refractivity contribution in [2.24, 2.45) is 0 Å². The van der Waals surface area contributed by atoms with E-state index in [-0.39, 0.29) is 29.2 Å². The van der Waals surface area contributed by atoms with Gasteiger partial charge in [-0.25, -0.2) is 0 Å². The summed E-state index contributed by atoms with van der Waals surface area (Å²) in [6.07, 6.45) is 0. The fourth-order valence-electron chi connectivity index (χ4n) is 5.69. The molecule has 186 valence electrons. The van der Waals surface area contributed by atoms with E-state index in [1.807, 2.05) is 69.3 Å². The van der Waals surface area contributed by atoms with Crippen molar-refractivity contribution in [2.75, 3.05) is 18.6 Å². The van der Waals surface area contributed by atoms with Crippen molar-refractivity contribution < 1.29 is 18.7 Å². The third kappa shape index (κ3) is 2.97. The smallest absolute Gasteiger partial charge is 0.291 e. The number of para-hydroxylation sites is 1. The molecular formula is C30H26N2O5. The van der Waals surface area contributed by atoms with E-state index in [4.69, 9.17) is 9.15 Å². The number of amides is 2. The lowest BCUT2D eigenvalue weighted by Gasteiger charge is -2.34. The number of carbonyl (C=O) groups excluding carboxylic acids is 2. The topological polar surface area (TPSA) is 80.1 Å². The van der Waals surface area contributed by atoms with Crippen LogP contribution < -0.4 is 15.1 Å². The number of methoxy groups -OCH3 is 1. The predicted octanol–water partition coefficient (Wildman–Crippen LogP) is 4.68. The van der Waals surface area contributed by atoms with Gasteiger partial charge < -0.3 is 19.0 Å². The lowest BCUT2D eigenvalue weighted by atomic mass is 9.83. The zero-order valence-electron chi connectivity index (χ0n) is 21.1. The van der Waals surface area contributed by atoms with Crippen LogP contribution in [0.3, 0.4) is 0 Å². The first kappa shape index (κ1) is 23.0. The fourth-order valence-corrected chi connectivity index (χ4v) is 5.69. The first-order valence-electron chi connectivity index (χ1n) is 12.3. The van der Waals surface area contributed by atoms with Crippen LogP contribution in [0.15, 0.2) is 69.9 Å². The van der Waals surface area contributed by atoms with Gasteiger partial charge in [0.1, 0.15) is 11.3 Å². The molecule has 0 radical (unpaired) electrons.